The van der Waals surface area contributed by atoms with Crippen LogP contribution < -0.4 is 11.1 Å². The van der Waals surface area contributed by atoms with Gasteiger partial charge in [0.15, 0.2) is 0 Å². The highest BCUT2D eigenvalue weighted by Crippen LogP contribution is 2.31. The summed E-state index contributed by atoms with van der Waals surface area (Å²) in [5.41, 5.74) is 9.64. The number of anilines is 2. The number of fused-ring (bicyclic) bond motifs is 1. The van der Waals surface area contributed by atoms with Gasteiger partial charge in [-0.1, -0.05) is 18.2 Å². The Bertz CT molecular complexity index is 750. The minimum absolute atomic E-state index is 0.113. The number of nitrogens with zero attached hydrogens (tertiary/aromatic N) is 2. The average molecular weight is 284 g/mol. The van der Waals surface area contributed by atoms with Crippen molar-refractivity contribution in [2.45, 2.75) is 19.9 Å². The molecule has 0 saturated carbocycles. The van der Waals surface area contributed by atoms with E-state index in [9.17, 15) is 0 Å². The molecule has 2 heterocycles. The van der Waals surface area contributed by atoms with E-state index in [1.807, 2.05) is 31.2 Å². The lowest BCUT2D eigenvalue weighted by Crippen LogP contribution is -2.09. The molecule has 20 heavy (non-hydrogen) atoms. The van der Waals surface area contributed by atoms with Gasteiger partial charge in [0.05, 0.1) is 29.1 Å². The molecule has 3 N–H and O–H groups in total. The van der Waals surface area contributed by atoms with Gasteiger partial charge in [-0.15, -0.1) is 11.3 Å². The standard InChI is InChI=1S/C15H16N4S/c1-9-8-20-15(18-9)10(2)19-14-11-5-3-4-6-13(11)17-7-12(14)16/h3-8,10H,16H2,1-2H3,(H,17,19). The number of aromatic nitrogens is 2. The number of aryl methyl sites for hydroxylation is 1. The van der Waals surface area contributed by atoms with Crippen molar-refractivity contribution in [1.82, 2.24) is 9.97 Å². The highest BCUT2D eigenvalue weighted by molar-refractivity contribution is 7.09. The van der Waals surface area contributed by atoms with Crippen LogP contribution in [0.5, 0.6) is 0 Å². The molecule has 0 aliphatic heterocycles. The SMILES string of the molecule is Cc1csc(C(C)Nc2c(N)cnc3ccccc23)n1. The molecule has 1 unspecified atom stereocenters. The highest BCUT2D eigenvalue weighted by Gasteiger charge is 2.13. The average Bonchev–Trinajstić information content (AvgIpc) is 2.89. The van der Waals surface area contributed by atoms with Crippen LogP contribution >= 0.6 is 11.3 Å². The number of para-hydroxylation sites is 1. The van der Waals surface area contributed by atoms with Crippen LogP contribution in [0.4, 0.5) is 11.4 Å². The number of hydrogen-bond acceptors (Lipinski definition) is 5. The first-order valence-electron chi connectivity index (χ1n) is 6.47. The fourth-order valence-corrected chi connectivity index (χ4v) is 2.97. The zero-order valence-corrected chi connectivity index (χ0v) is 12.2. The van der Waals surface area contributed by atoms with Crippen LogP contribution in [0.15, 0.2) is 35.8 Å². The Morgan fingerprint density at radius 1 is 1.30 bits per heavy atom. The predicted molar refractivity (Wildman–Crippen MR) is 85.0 cm³/mol. The number of benzene rings is 1. The van der Waals surface area contributed by atoms with E-state index in [2.05, 4.69) is 27.6 Å². The second-order valence-electron chi connectivity index (χ2n) is 4.80. The van der Waals surface area contributed by atoms with E-state index in [-0.39, 0.29) is 6.04 Å². The second kappa shape index (κ2) is 5.09. The fraction of sp³-hybridized carbons (Fsp3) is 0.200. The Kier molecular flexibility index (Phi) is 3.28. The van der Waals surface area contributed by atoms with Crippen LogP contribution in [0.3, 0.4) is 0 Å². The van der Waals surface area contributed by atoms with E-state index >= 15 is 0 Å². The molecule has 0 spiro atoms. The molecule has 0 radical (unpaired) electrons. The topological polar surface area (TPSA) is 63.8 Å². The zero-order chi connectivity index (χ0) is 14.1. The van der Waals surface area contributed by atoms with Gasteiger partial charge >= 0.3 is 0 Å². The van der Waals surface area contributed by atoms with Gasteiger partial charge in [-0.05, 0) is 19.9 Å². The number of rotatable bonds is 3. The van der Waals surface area contributed by atoms with E-state index in [1.54, 1.807) is 17.5 Å². The third-order valence-corrected chi connectivity index (χ3v) is 4.32. The van der Waals surface area contributed by atoms with Crippen molar-refractivity contribution < 1.29 is 0 Å². The van der Waals surface area contributed by atoms with Crippen molar-refractivity contribution in [2.24, 2.45) is 0 Å². The van der Waals surface area contributed by atoms with Gasteiger partial charge in [0.1, 0.15) is 5.01 Å². The summed E-state index contributed by atoms with van der Waals surface area (Å²) in [6.07, 6.45) is 1.70. The zero-order valence-electron chi connectivity index (χ0n) is 11.4. The molecule has 0 aliphatic rings. The minimum Gasteiger partial charge on any atom is -0.396 e. The van der Waals surface area contributed by atoms with Crippen molar-refractivity contribution in [3.05, 3.63) is 46.5 Å². The maximum atomic E-state index is 6.08. The first-order chi connectivity index (χ1) is 9.65. The Labute approximate surface area is 121 Å². The fourth-order valence-electron chi connectivity index (χ4n) is 2.17. The molecule has 4 nitrogen and oxygen atoms in total. The molecule has 102 valence electrons. The lowest BCUT2D eigenvalue weighted by Gasteiger charge is -2.16. The van der Waals surface area contributed by atoms with Gasteiger partial charge in [-0.2, -0.15) is 0 Å². The van der Waals surface area contributed by atoms with Crippen LogP contribution in [0.25, 0.3) is 10.9 Å². The van der Waals surface area contributed by atoms with Crippen molar-refractivity contribution >= 4 is 33.6 Å². The number of hydrogen-bond donors (Lipinski definition) is 2. The lowest BCUT2D eigenvalue weighted by molar-refractivity contribution is 0.866. The normalized spacial score (nSPS) is 12.5. The van der Waals surface area contributed by atoms with E-state index in [0.717, 1.165) is 27.3 Å². The summed E-state index contributed by atoms with van der Waals surface area (Å²) >= 11 is 1.66. The van der Waals surface area contributed by atoms with E-state index < -0.39 is 0 Å². The molecule has 2 aromatic heterocycles. The van der Waals surface area contributed by atoms with Crippen molar-refractivity contribution in [2.75, 3.05) is 11.1 Å². The number of nitrogen functional groups attached to an aromatic ring is 1. The number of nitrogens with two attached hydrogens (primary N) is 1. The number of nitrogens with one attached hydrogen (secondary N) is 1. The molecule has 3 aromatic rings. The first-order valence-corrected chi connectivity index (χ1v) is 7.35. The summed E-state index contributed by atoms with van der Waals surface area (Å²) in [4.78, 5) is 8.86. The number of thiazole rings is 1. The third kappa shape index (κ3) is 2.32. The monoisotopic (exact) mass is 284 g/mol. The molecule has 3 rings (SSSR count). The minimum atomic E-state index is 0.113. The van der Waals surface area contributed by atoms with E-state index in [0.29, 0.717) is 5.69 Å². The van der Waals surface area contributed by atoms with E-state index in [4.69, 9.17) is 5.73 Å². The summed E-state index contributed by atoms with van der Waals surface area (Å²) < 4.78 is 0. The van der Waals surface area contributed by atoms with Gasteiger partial charge in [0, 0.05) is 16.5 Å². The van der Waals surface area contributed by atoms with Gasteiger partial charge < -0.3 is 11.1 Å². The summed E-state index contributed by atoms with van der Waals surface area (Å²) in [7, 11) is 0. The molecule has 0 fully saturated rings. The summed E-state index contributed by atoms with van der Waals surface area (Å²) in [5, 5.41) is 7.62. The molecular formula is C15H16N4S. The van der Waals surface area contributed by atoms with Crippen molar-refractivity contribution in [3.8, 4) is 0 Å². The molecular weight excluding hydrogens is 268 g/mol. The Morgan fingerprint density at radius 2 is 2.10 bits per heavy atom. The first kappa shape index (κ1) is 12.9. The van der Waals surface area contributed by atoms with Gasteiger partial charge in [-0.25, -0.2) is 4.98 Å². The maximum absolute atomic E-state index is 6.08. The smallest absolute Gasteiger partial charge is 0.115 e. The highest BCUT2D eigenvalue weighted by atomic mass is 32.1. The molecule has 5 heteroatoms. The van der Waals surface area contributed by atoms with Crippen molar-refractivity contribution in [3.63, 3.8) is 0 Å². The maximum Gasteiger partial charge on any atom is 0.115 e. The summed E-state index contributed by atoms with van der Waals surface area (Å²) in [6.45, 7) is 4.09. The van der Waals surface area contributed by atoms with Gasteiger partial charge in [0.25, 0.3) is 0 Å². The summed E-state index contributed by atoms with van der Waals surface area (Å²) in [6, 6.07) is 8.09. The Balaban J connectivity index is 2.00. The summed E-state index contributed by atoms with van der Waals surface area (Å²) in [5.74, 6) is 0. The Morgan fingerprint density at radius 3 is 2.85 bits per heavy atom. The van der Waals surface area contributed by atoms with Gasteiger partial charge in [-0.3, -0.25) is 4.98 Å². The lowest BCUT2D eigenvalue weighted by atomic mass is 10.1. The largest absolute Gasteiger partial charge is 0.396 e. The van der Waals surface area contributed by atoms with Crippen molar-refractivity contribution in [1.29, 1.82) is 0 Å². The second-order valence-corrected chi connectivity index (χ2v) is 5.69. The Hall–Kier alpha value is -2.14. The third-order valence-electron chi connectivity index (χ3n) is 3.17. The number of pyridine rings is 1. The molecule has 0 amide bonds. The van der Waals surface area contributed by atoms with Crippen LogP contribution in [0.2, 0.25) is 0 Å². The van der Waals surface area contributed by atoms with Crippen LogP contribution in [0, 0.1) is 6.92 Å². The van der Waals surface area contributed by atoms with Gasteiger partial charge in [0.2, 0.25) is 0 Å². The quantitative estimate of drug-likeness (QED) is 0.768. The molecule has 0 aliphatic carbocycles. The molecule has 1 atom stereocenters. The molecule has 1 aromatic carbocycles. The molecule has 0 saturated heterocycles. The predicted octanol–water partition coefficient (Wildman–Crippen LogP) is 3.76. The van der Waals surface area contributed by atoms with Crippen LogP contribution in [-0.2, 0) is 0 Å². The van der Waals surface area contributed by atoms with E-state index in [1.165, 1.54) is 0 Å². The van der Waals surface area contributed by atoms with Crippen LogP contribution in [0.1, 0.15) is 23.7 Å². The molecule has 0 bridgehead atoms. The van der Waals surface area contributed by atoms with Crippen LogP contribution in [-0.4, -0.2) is 9.97 Å².